The van der Waals surface area contributed by atoms with Gasteiger partial charge in [-0.15, -0.1) is 0 Å². The van der Waals surface area contributed by atoms with E-state index >= 15 is 0 Å². The Bertz CT molecular complexity index is 636. The van der Waals surface area contributed by atoms with Gasteiger partial charge >= 0.3 is 12.1 Å². The van der Waals surface area contributed by atoms with Crippen LogP contribution in [-0.2, 0) is 10.9 Å². The maximum absolute atomic E-state index is 12.5. The van der Waals surface area contributed by atoms with E-state index in [-0.39, 0.29) is 0 Å². The quantitative estimate of drug-likeness (QED) is 0.772. The van der Waals surface area contributed by atoms with E-state index in [4.69, 9.17) is 0 Å². The highest BCUT2D eigenvalue weighted by Gasteiger charge is 2.30. The van der Waals surface area contributed by atoms with Gasteiger partial charge in [0.2, 0.25) is 0 Å². The van der Waals surface area contributed by atoms with Crippen molar-refractivity contribution in [3.63, 3.8) is 0 Å². The molecule has 6 heteroatoms. The molecule has 110 valence electrons. The number of halogens is 3. The zero-order chi connectivity index (χ0) is 15.5. The third kappa shape index (κ3) is 3.78. The molecule has 2 nitrogen and oxygen atoms in total. The number of esters is 1. The first-order valence-electron chi connectivity index (χ1n) is 5.94. The minimum atomic E-state index is -4.35. The molecule has 0 heterocycles. The van der Waals surface area contributed by atoms with E-state index in [0.717, 1.165) is 12.1 Å². The Morgan fingerprint density at radius 3 is 2.24 bits per heavy atom. The van der Waals surface area contributed by atoms with Crippen molar-refractivity contribution >= 4 is 17.7 Å². The number of hydrogen-bond acceptors (Lipinski definition) is 3. The lowest BCUT2D eigenvalue weighted by Gasteiger charge is -2.09. The fourth-order valence-corrected chi connectivity index (χ4v) is 2.61. The Hall–Kier alpha value is -1.95. The Morgan fingerprint density at radius 2 is 1.67 bits per heavy atom. The van der Waals surface area contributed by atoms with E-state index in [1.54, 1.807) is 24.3 Å². The molecule has 0 amide bonds. The van der Waals surface area contributed by atoms with E-state index in [1.165, 1.54) is 31.0 Å². The van der Waals surface area contributed by atoms with Crippen LogP contribution in [0.5, 0.6) is 0 Å². The third-order valence-corrected chi connectivity index (χ3v) is 3.79. The van der Waals surface area contributed by atoms with Gasteiger partial charge < -0.3 is 4.74 Å². The van der Waals surface area contributed by atoms with Crippen molar-refractivity contribution in [2.45, 2.75) is 16.0 Å². The molecule has 0 saturated heterocycles. The van der Waals surface area contributed by atoms with Crippen LogP contribution in [0.4, 0.5) is 13.2 Å². The number of alkyl halides is 3. The number of rotatable bonds is 3. The van der Waals surface area contributed by atoms with Crippen LogP contribution in [0.2, 0.25) is 0 Å². The maximum atomic E-state index is 12.5. The summed E-state index contributed by atoms with van der Waals surface area (Å²) in [5, 5.41) is 0. The number of benzene rings is 2. The first-order valence-corrected chi connectivity index (χ1v) is 6.76. The van der Waals surface area contributed by atoms with Gasteiger partial charge in [-0.2, -0.15) is 13.2 Å². The lowest BCUT2D eigenvalue weighted by molar-refractivity contribution is -0.137. The predicted molar refractivity (Wildman–Crippen MR) is 73.3 cm³/mol. The molecule has 21 heavy (non-hydrogen) atoms. The van der Waals surface area contributed by atoms with Gasteiger partial charge in [0.1, 0.15) is 0 Å². The molecule has 0 aliphatic carbocycles. The lowest BCUT2D eigenvalue weighted by Crippen LogP contribution is -2.04. The topological polar surface area (TPSA) is 26.3 Å². The van der Waals surface area contributed by atoms with Crippen molar-refractivity contribution in [3.8, 4) is 0 Å². The zero-order valence-electron chi connectivity index (χ0n) is 11.0. The molecule has 0 saturated carbocycles. The van der Waals surface area contributed by atoms with Crippen LogP contribution < -0.4 is 0 Å². The van der Waals surface area contributed by atoms with E-state index in [0.29, 0.717) is 15.4 Å². The second kappa shape index (κ2) is 6.22. The highest BCUT2D eigenvalue weighted by atomic mass is 32.2. The fraction of sp³-hybridized carbons (Fsp3) is 0.133. The highest BCUT2D eigenvalue weighted by molar-refractivity contribution is 7.99. The van der Waals surface area contributed by atoms with Crippen molar-refractivity contribution in [1.29, 1.82) is 0 Å². The Labute approximate surface area is 123 Å². The maximum Gasteiger partial charge on any atom is 0.416 e. The van der Waals surface area contributed by atoms with E-state index in [1.807, 2.05) is 0 Å². The van der Waals surface area contributed by atoms with Crippen molar-refractivity contribution in [3.05, 3.63) is 59.7 Å². The minimum Gasteiger partial charge on any atom is -0.465 e. The van der Waals surface area contributed by atoms with Gasteiger partial charge in [0, 0.05) is 9.79 Å². The van der Waals surface area contributed by atoms with Gasteiger partial charge in [0.05, 0.1) is 18.2 Å². The number of methoxy groups -OCH3 is 1. The summed E-state index contributed by atoms with van der Waals surface area (Å²) in [5.74, 6) is -0.481. The van der Waals surface area contributed by atoms with E-state index < -0.39 is 17.7 Å². The van der Waals surface area contributed by atoms with Crippen LogP contribution in [0.25, 0.3) is 0 Å². The van der Waals surface area contributed by atoms with Crippen LogP contribution in [-0.4, -0.2) is 13.1 Å². The van der Waals surface area contributed by atoms with Crippen LogP contribution >= 0.6 is 11.8 Å². The van der Waals surface area contributed by atoms with Gasteiger partial charge in [-0.3, -0.25) is 0 Å². The monoisotopic (exact) mass is 312 g/mol. The molecular weight excluding hydrogens is 301 g/mol. The summed E-state index contributed by atoms with van der Waals surface area (Å²) in [6.07, 6.45) is -4.35. The molecule has 0 aliphatic rings. The summed E-state index contributed by atoms with van der Waals surface area (Å²) in [6.45, 7) is 0. The minimum absolute atomic E-state index is 0.380. The van der Waals surface area contributed by atoms with Crippen LogP contribution in [0.3, 0.4) is 0 Å². The molecule has 2 rings (SSSR count). The lowest BCUT2D eigenvalue weighted by atomic mass is 10.2. The second-order valence-electron chi connectivity index (χ2n) is 4.11. The average molecular weight is 312 g/mol. The number of carbonyl (C=O) groups is 1. The fourth-order valence-electron chi connectivity index (χ4n) is 1.67. The molecular formula is C15H11F3O2S. The van der Waals surface area contributed by atoms with Gasteiger partial charge in [0.15, 0.2) is 0 Å². The molecule has 0 atom stereocenters. The Kier molecular flexibility index (Phi) is 4.57. The molecule has 0 bridgehead atoms. The van der Waals surface area contributed by atoms with Crippen LogP contribution in [0, 0.1) is 0 Å². The van der Waals surface area contributed by atoms with E-state index in [9.17, 15) is 18.0 Å². The van der Waals surface area contributed by atoms with Crippen molar-refractivity contribution < 1.29 is 22.7 Å². The standard InChI is InChI=1S/C15H11F3O2S/c1-20-14(19)12-4-2-3-5-13(12)21-11-8-6-10(7-9-11)15(16,17)18/h2-9H,1H3. The largest absolute Gasteiger partial charge is 0.465 e. The molecule has 0 N–H and O–H groups in total. The SMILES string of the molecule is COC(=O)c1ccccc1Sc1ccc(C(F)(F)F)cc1. The van der Waals surface area contributed by atoms with Crippen molar-refractivity contribution in [2.75, 3.05) is 7.11 Å². The molecule has 0 unspecified atom stereocenters. The summed E-state index contributed by atoms with van der Waals surface area (Å²) in [4.78, 5) is 12.9. The predicted octanol–water partition coefficient (Wildman–Crippen LogP) is 4.64. The second-order valence-corrected chi connectivity index (χ2v) is 5.23. The highest BCUT2D eigenvalue weighted by Crippen LogP contribution is 2.34. The van der Waals surface area contributed by atoms with Gasteiger partial charge in [-0.05, 0) is 36.4 Å². The summed E-state index contributed by atoms with van der Waals surface area (Å²) in [6, 6.07) is 11.6. The molecule has 0 radical (unpaired) electrons. The first-order chi connectivity index (χ1) is 9.91. The first kappa shape index (κ1) is 15.4. The van der Waals surface area contributed by atoms with Crippen LogP contribution in [0.1, 0.15) is 15.9 Å². The summed E-state index contributed by atoms with van der Waals surface area (Å²) >= 11 is 1.21. The molecule has 0 spiro atoms. The molecule has 0 aromatic heterocycles. The summed E-state index contributed by atoms with van der Waals surface area (Å²) in [7, 11) is 1.28. The smallest absolute Gasteiger partial charge is 0.416 e. The van der Waals surface area contributed by atoms with Gasteiger partial charge in [0.25, 0.3) is 0 Å². The normalized spacial score (nSPS) is 11.2. The molecule has 0 aliphatic heterocycles. The summed E-state index contributed by atoms with van der Waals surface area (Å²) in [5.41, 5.74) is -0.321. The zero-order valence-corrected chi connectivity index (χ0v) is 11.8. The summed E-state index contributed by atoms with van der Waals surface area (Å²) < 4.78 is 42.2. The van der Waals surface area contributed by atoms with Crippen molar-refractivity contribution in [1.82, 2.24) is 0 Å². The van der Waals surface area contributed by atoms with Gasteiger partial charge in [-0.25, -0.2) is 4.79 Å². The Morgan fingerprint density at radius 1 is 1.05 bits per heavy atom. The van der Waals surface area contributed by atoms with Crippen LogP contribution in [0.15, 0.2) is 58.3 Å². The number of ether oxygens (including phenoxy) is 1. The Balaban J connectivity index is 2.25. The van der Waals surface area contributed by atoms with Crippen molar-refractivity contribution in [2.24, 2.45) is 0 Å². The van der Waals surface area contributed by atoms with Gasteiger partial charge in [-0.1, -0.05) is 23.9 Å². The average Bonchev–Trinajstić information content (AvgIpc) is 2.46. The number of hydrogen-bond donors (Lipinski definition) is 0. The molecule has 2 aromatic rings. The number of carbonyl (C=O) groups excluding carboxylic acids is 1. The van der Waals surface area contributed by atoms with E-state index in [2.05, 4.69) is 4.74 Å². The molecule has 2 aromatic carbocycles. The third-order valence-electron chi connectivity index (χ3n) is 2.70. The molecule has 0 fully saturated rings.